The third-order valence-corrected chi connectivity index (χ3v) is 4.77. The van der Waals surface area contributed by atoms with Gasteiger partial charge in [-0.25, -0.2) is 0 Å². The van der Waals surface area contributed by atoms with Crippen molar-refractivity contribution in [3.8, 4) is 5.75 Å². The molecule has 0 fully saturated rings. The number of thiophene rings is 1. The summed E-state index contributed by atoms with van der Waals surface area (Å²) in [6.07, 6.45) is 0.929. The molecule has 2 N–H and O–H groups in total. The van der Waals surface area contributed by atoms with Gasteiger partial charge in [-0.2, -0.15) is 0 Å². The smallest absolute Gasteiger partial charge is 0.191 e. The summed E-state index contributed by atoms with van der Waals surface area (Å²) < 4.78 is 5.25. The molecule has 0 radical (unpaired) electrons. The first kappa shape index (κ1) is 17.3. The molecule has 5 heteroatoms. The van der Waals surface area contributed by atoms with Crippen LogP contribution in [0.15, 0.2) is 46.8 Å². The Hall–Kier alpha value is -2.01. The van der Waals surface area contributed by atoms with Gasteiger partial charge in [0.05, 0.1) is 7.11 Å². The van der Waals surface area contributed by atoms with Gasteiger partial charge in [0.1, 0.15) is 5.75 Å². The van der Waals surface area contributed by atoms with Gasteiger partial charge in [0, 0.05) is 30.9 Å². The third-order valence-electron chi connectivity index (χ3n) is 3.67. The van der Waals surface area contributed by atoms with Gasteiger partial charge in [0.15, 0.2) is 5.96 Å². The number of rotatable bonds is 7. The van der Waals surface area contributed by atoms with Crippen LogP contribution in [0.1, 0.15) is 23.3 Å². The first-order valence-corrected chi connectivity index (χ1v) is 8.71. The van der Waals surface area contributed by atoms with E-state index >= 15 is 0 Å². The lowest BCUT2D eigenvalue weighted by Gasteiger charge is -2.15. The van der Waals surface area contributed by atoms with Crippen LogP contribution in [0.3, 0.4) is 0 Å². The average molecular weight is 331 g/mol. The maximum absolute atomic E-state index is 5.25. The fraction of sp³-hybridized carbons (Fsp3) is 0.389. The number of methoxy groups -OCH3 is 1. The minimum Gasteiger partial charge on any atom is -0.497 e. The quantitative estimate of drug-likeness (QED) is 0.605. The van der Waals surface area contributed by atoms with E-state index in [0.717, 1.165) is 31.2 Å². The van der Waals surface area contributed by atoms with Crippen LogP contribution in [0.25, 0.3) is 0 Å². The second kappa shape index (κ2) is 9.20. The molecule has 0 aliphatic heterocycles. The maximum Gasteiger partial charge on any atom is 0.191 e. The summed E-state index contributed by atoms with van der Waals surface area (Å²) in [6.45, 7) is 3.93. The van der Waals surface area contributed by atoms with Crippen molar-refractivity contribution < 1.29 is 4.74 Å². The lowest BCUT2D eigenvalue weighted by atomic mass is 10.1. The van der Waals surface area contributed by atoms with Crippen molar-refractivity contribution in [3.63, 3.8) is 0 Å². The Morgan fingerprint density at radius 1 is 1.26 bits per heavy atom. The van der Waals surface area contributed by atoms with Gasteiger partial charge in [-0.15, -0.1) is 11.3 Å². The van der Waals surface area contributed by atoms with E-state index in [0.29, 0.717) is 5.92 Å². The van der Waals surface area contributed by atoms with Crippen LogP contribution < -0.4 is 15.4 Å². The standard InChI is InChI=1S/C18H25N3OS/c1-14(17-8-5-11-23-17)13-21-18(19-2)20-10-9-15-6-4-7-16(12-15)22-3/h4-8,11-12,14H,9-10,13H2,1-3H3,(H2,19,20,21). The fourth-order valence-corrected chi connectivity index (χ4v) is 3.08. The van der Waals surface area contributed by atoms with Gasteiger partial charge < -0.3 is 15.4 Å². The predicted octanol–water partition coefficient (Wildman–Crippen LogP) is 3.27. The number of nitrogens with zero attached hydrogens (tertiary/aromatic N) is 1. The Balaban J connectivity index is 1.74. The summed E-state index contributed by atoms with van der Waals surface area (Å²) in [5.41, 5.74) is 1.25. The van der Waals surface area contributed by atoms with Crippen LogP contribution >= 0.6 is 11.3 Å². The Kier molecular flexibility index (Phi) is 6.94. The van der Waals surface area contributed by atoms with Gasteiger partial charge in [0.2, 0.25) is 0 Å². The molecule has 0 saturated heterocycles. The number of aliphatic imine (C=N–C) groups is 1. The zero-order valence-corrected chi connectivity index (χ0v) is 14.8. The van der Waals surface area contributed by atoms with Crippen molar-refractivity contribution in [1.29, 1.82) is 0 Å². The second-order valence-corrected chi connectivity index (χ2v) is 6.38. The van der Waals surface area contributed by atoms with E-state index in [9.17, 15) is 0 Å². The van der Waals surface area contributed by atoms with Crippen LogP contribution in [0.2, 0.25) is 0 Å². The molecule has 0 saturated carbocycles. The van der Waals surface area contributed by atoms with Crippen LogP contribution in [0.5, 0.6) is 5.75 Å². The van der Waals surface area contributed by atoms with Crippen molar-refractivity contribution in [1.82, 2.24) is 10.6 Å². The van der Waals surface area contributed by atoms with Gasteiger partial charge in [-0.05, 0) is 35.6 Å². The molecule has 1 heterocycles. The summed E-state index contributed by atoms with van der Waals surface area (Å²) >= 11 is 1.80. The van der Waals surface area contributed by atoms with Gasteiger partial charge in [-0.3, -0.25) is 4.99 Å². The van der Waals surface area contributed by atoms with E-state index in [4.69, 9.17) is 4.74 Å². The average Bonchev–Trinajstić information content (AvgIpc) is 3.12. The number of guanidine groups is 1. The lowest BCUT2D eigenvalue weighted by molar-refractivity contribution is 0.414. The largest absolute Gasteiger partial charge is 0.497 e. The first-order chi connectivity index (χ1) is 11.2. The SMILES string of the molecule is CN=C(NCCc1cccc(OC)c1)NCC(C)c1cccs1. The summed E-state index contributed by atoms with van der Waals surface area (Å²) in [5.74, 6) is 2.22. The molecule has 2 aromatic rings. The molecule has 1 atom stereocenters. The van der Waals surface area contributed by atoms with Crippen molar-refractivity contribution in [3.05, 3.63) is 52.2 Å². The molecule has 1 unspecified atom stereocenters. The Morgan fingerprint density at radius 2 is 2.13 bits per heavy atom. The molecule has 0 spiro atoms. The highest BCUT2D eigenvalue weighted by molar-refractivity contribution is 7.10. The van der Waals surface area contributed by atoms with Gasteiger partial charge in [0.25, 0.3) is 0 Å². The molecule has 2 rings (SSSR count). The minimum absolute atomic E-state index is 0.479. The highest BCUT2D eigenvalue weighted by Crippen LogP contribution is 2.19. The van der Waals surface area contributed by atoms with Crippen molar-refractivity contribution in [2.24, 2.45) is 4.99 Å². The molecule has 23 heavy (non-hydrogen) atoms. The first-order valence-electron chi connectivity index (χ1n) is 7.83. The highest BCUT2D eigenvalue weighted by Gasteiger charge is 2.07. The fourth-order valence-electron chi connectivity index (χ4n) is 2.30. The molecule has 0 amide bonds. The molecule has 1 aromatic heterocycles. The van der Waals surface area contributed by atoms with E-state index in [2.05, 4.69) is 52.2 Å². The molecule has 0 aliphatic rings. The molecular weight excluding hydrogens is 306 g/mol. The van der Waals surface area contributed by atoms with Gasteiger partial charge >= 0.3 is 0 Å². The normalized spacial score (nSPS) is 12.7. The van der Waals surface area contributed by atoms with Crippen LogP contribution in [-0.2, 0) is 6.42 Å². The number of ether oxygens (including phenoxy) is 1. The number of hydrogen-bond donors (Lipinski definition) is 2. The predicted molar refractivity (Wildman–Crippen MR) is 98.8 cm³/mol. The summed E-state index contributed by atoms with van der Waals surface area (Å²) in [7, 11) is 3.49. The molecule has 1 aromatic carbocycles. The molecule has 4 nitrogen and oxygen atoms in total. The number of benzene rings is 1. The molecular formula is C18H25N3OS. The van der Waals surface area contributed by atoms with Crippen molar-refractivity contribution in [2.75, 3.05) is 27.2 Å². The maximum atomic E-state index is 5.25. The van der Waals surface area contributed by atoms with E-state index in [1.54, 1.807) is 25.5 Å². The van der Waals surface area contributed by atoms with Crippen LogP contribution in [0, 0.1) is 0 Å². The van der Waals surface area contributed by atoms with Crippen LogP contribution in [0.4, 0.5) is 0 Å². The zero-order valence-electron chi connectivity index (χ0n) is 14.0. The van der Waals surface area contributed by atoms with E-state index in [1.165, 1.54) is 10.4 Å². The lowest BCUT2D eigenvalue weighted by Crippen LogP contribution is -2.39. The Morgan fingerprint density at radius 3 is 2.83 bits per heavy atom. The zero-order chi connectivity index (χ0) is 16.5. The van der Waals surface area contributed by atoms with E-state index in [-0.39, 0.29) is 0 Å². The monoisotopic (exact) mass is 331 g/mol. The summed E-state index contributed by atoms with van der Waals surface area (Å²) in [5, 5.41) is 8.86. The Labute approximate surface area is 142 Å². The number of nitrogens with one attached hydrogen (secondary N) is 2. The summed E-state index contributed by atoms with van der Waals surface area (Å²) in [4.78, 5) is 5.67. The molecule has 0 aliphatic carbocycles. The summed E-state index contributed by atoms with van der Waals surface area (Å²) in [6, 6.07) is 12.4. The topological polar surface area (TPSA) is 45.7 Å². The number of hydrogen-bond acceptors (Lipinski definition) is 3. The highest BCUT2D eigenvalue weighted by atomic mass is 32.1. The second-order valence-electron chi connectivity index (χ2n) is 5.40. The third kappa shape index (κ3) is 5.60. The van der Waals surface area contributed by atoms with Gasteiger partial charge in [-0.1, -0.05) is 25.1 Å². The molecule has 0 bridgehead atoms. The van der Waals surface area contributed by atoms with Crippen molar-refractivity contribution >= 4 is 17.3 Å². The van der Waals surface area contributed by atoms with E-state index < -0.39 is 0 Å². The van der Waals surface area contributed by atoms with Crippen molar-refractivity contribution in [2.45, 2.75) is 19.3 Å². The van der Waals surface area contributed by atoms with Crippen LogP contribution in [-0.4, -0.2) is 33.2 Å². The molecule has 124 valence electrons. The minimum atomic E-state index is 0.479. The van der Waals surface area contributed by atoms with E-state index in [1.807, 2.05) is 12.1 Å². The Bertz CT molecular complexity index is 610.